The van der Waals surface area contributed by atoms with E-state index in [4.69, 9.17) is 0 Å². The largest absolute Gasteiger partial charge is 0.343 e. The maximum atomic E-state index is 11.3. The molecule has 0 bridgehead atoms. The van der Waals surface area contributed by atoms with Gasteiger partial charge in [-0.05, 0) is 25.7 Å². The molecule has 2 heterocycles. The molecule has 2 aliphatic rings. The summed E-state index contributed by atoms with van der Waals surface area (Å²) in [6.45, 7) is 8.52. The smallest absolute Gasteiger partial charge is 0.222 e. The Balaban J connectivity index is 0.000000291. The molecule has 0 saturated carbocycles. The van der Waals surface area contributed by atoms with Gasteiger partial charge in [0, 0.05) is 39.0 Å². The predicted molar refractivity (Wildman–Crippen MR) is 123 cm³/mol. The third kappa shape index (κ3) is 13.0. The SMILES string of the molecule is CCCCCCCCCN1CCCC1=O.CCCCCCCCN1CCCC1=O. The normalized spacial score (nSPS) is 16.5. The molecule has 2 amide bonds. The van der Waals surface area contributed by atoms with Crippen LogP contribution in [0.2, 0.25) is 0 Å². The van der Waals surface area contributed by atoms with E-state index in [-0.39, 0.29) is 0 Å². The monoisotopic (exact) mass is 408 g/mol. The highest BCUT2D eigenvalue weighted by Crippen LogP contribution is 2.13. The molecule has 0 N–H and O–H groups in total. The quantitative estimate of drug-likeness (QED) is 0.297. The summed E-state index contributed by atoms with van der Waals surface area (Å²) in [4.78, 5) is 26.6. The number of hydrogen-bond donors (Lipinski definition) is 0. The fourth-order valence-corrected chi connectivity index (χ4v) is 4.22. The van der Waals surface area contributed by atoms with E-state index < -0.39 is 0 Å². The number of amides is 2. The summed E-state index contributed by atoms with van der Waals surface area (Å²) in [5, 5.41) is 0. The van der Waals surface area contributed by atoms with Gasteiger partial charge in [-0.2, -0.15) is 0 Å². The van der Waals surface area contributed by atoms with E-state index in [0.717, 1.165) is 51.9 Å². The van der Waals surface area contributed by atoms with Gasteiger partial charge in [0.25, 0.3) is 0 Å². The van der Waals surface area contributed by atoms with E-state index in [0.29, 0.717) is 11.8 Å². The minimum Gasteiger partial charge on any atom is -0.343 e. The molecule has 0 aromatic carbocycles. The van der Waals surface area contributed by atoms with Gasteiger partial charge < -0.3 is 9.80 Å². The van der Waals surface area contributed by atoms with Gasteiger partial charge in [-0.25, -0.2) is 0 Å². The molecule has 4 heteroatoms. The van der Waals surface area contributed by atoms with Crippen molar-refractivity contribution in [3.05, 3.63) is 0 Å². The van der Waals surface area contributed by atoms with E-state index in [9.17, 15) is 9.59 Å². The van der Waals surface area contributed by atoms with Crippen LogP contribution in [-0.4, -0.2) is 47.8 Å². The third-order valence-electron chi connectivity index (χ3n) is 6.16. The average Bonchev–Trinajstić information content (AvgIpc) is 3.32. The molecule has 29 heavy (non-hydrogen) atoms. The lowest BCUT2D eigenvalue weighted by molar-refractivity contribution is -0.128. The minimum absolute atomic E-state index is 0.374. The van der Waals surface area contributed by atoms with E-state index in [1.165, 1.54) is 83.5 Å². The lowest BCUT2D eigenvalue weighted by atomic mass is 10.1. The van der Waals surface area contributed by atoms with Crippen molar-refractivity contribution >= 4 is 11.8 Å². The zero-order valence-corrected chi connectivity index (χ0v) is 19.6. The van der Waals surface area contributed by atoms with E-state index in [1.54, 1.807) is 0 Å². The molecule has 170 valence electrons. The van der Waals surface area contributed by atoms with Crippen molar-refractivity contribution in [1.29, 1.82) is 0 Å². The maximum Gasteiger partial charge on any atom is 0.222 e. The molecule has 0 atom stereocenters. The van der Waals surface area contributed by atoms with Crippen LogP contribution < -0.4 is 0 Å². The van der Waals surface area contributed by atoms with Crippen molar-refractivity contribution in [2.24, 2.45) is 0 Å². The summed E-state index contributed by atoms with van der Waals surface area (Å²) >= 11 is 0. The summed E-state index contributed by atoms with van der Waals surface area (Å²) in [7, 11) is 0. The number of unbranched alkanes of at least 4 members (excludes halogenated alkanes) is 11. The molecule has 4 nitrogen and oxygen atoms in total. The molecule has 0 unspecified atom stereocenters. The number of hydrogen-bond acceptors (Lipinski definition) is 2. The van der Waals surface area contributed by atoms with Gasteiger partial charge in [0.15, 0.2) is 0 Å². The van der Waals surface area contributed by atoms with Gasteiger partial charge in [-0.3, -0.25) is 9.59 Å². The molecule has 0 aromatic heterocycles. The van der Waals surface area contributed by atoms with E-state index in [1.807, 2.05) is 9.80 Å². The molecular formula is C25H48N2O2. The Kier molecular flexibility index (Phi) is 15.9. The van der Waals surface area contributed by atoms with Gasteiger partial charge in [0.05, 0.1) is 0 Å². The van der Waals surface area contributed by atoms with Crippen molar-refractivity contribution in [2.75, 3.05) is 26.2 Å². The highest BCUT2D eigenvalue weighted by Gasteiger charge is 2.19. The molecule has 0 aliphatic carbocycles. The number of rotatable bonds is 15. The second-order valence-electron chi connectivity index (χ2n) is 8.86. The maximum absolute atomic E-state index is 11.3. The number of likely N-dealkylation sites (tertiary alicyclic amines) is 2. The molecule has 2 saturated heterocycles. The first-order valence-electron chi connectivity index (χ1n) is 12.7. The summed E-state index contributed by atoms with van der Waals surface area (Å²) in [5.41, 5.74) is 0. The number of nitrogens with zero attached hydrogens (tertiary/aromatic N) is 2. The summed E-state index contributed by atoms with van der Waals surface area (Å²) in [5.74, 6) is 0.750. The van der Waals surface area contributed by atoms with E-state index in [2.05, 4.69) is 13.8 Å². The van der Waals surface area contributed by atoms with Gasteiger partial charge in [0.2, 0.25) is 11.8 Å². The number of carbonyl (C=O) groups excluding carboxylic acids is 2. The van der Waals surface area contributed by atoms with Crippen LogP contribution in [0.15, 0.2) is 0 Å². The molecule has 2 fully saturated rings. The highest BCUT2D eigenvalue weighted by atomic mass is 16.2. The van der Waals surface area contributed by atoms with Gasteiger partial charge >= 0.3 is 0 Å². The van der Waals surface area contributed by atoms with Crippen LogP contribution in [0.1, 0.15) is 123 Å². The van der Waals surface area contributed by atoms with Crippen molar-refractivity contribution < 1.29 is 9.59 Å². The average molecular weight is 409 g/mol. The van der Waals surface area contributed by atoms with Crippen molar-refractivity contribution in [1.82, 2.24) is 9.80 Å². The van der Waals surface area contributed by atoms with Crippen molar-refractivity contribution in [3.8, 4) is 0 Å². The fraction of sp³-hybridized carbons (Fsp3) is 0.920. The molecule has 0 radical (unpaired) electrons. The van der Waals surface area contributed by atoms with E-state index >= 15 is 0 Å². The van der Waals surface area contributed by atoms with Gasteiger partial charge in [-0.15, -0.1) is 0 Å². The lowest BCUT2D eigenvalue weighted by Crippen LogP contribution is -2.25. The Hall–Kier alpha value is -1.06. The molecule has 2 aliphatic heterocycles. The summed E-state index contributed by atoms with van der Waals surface area (Å²) in [6, 6.07) is 0. The molecular weight excluding hydrogens is 360 g/mol. The summed E-state index contributed by atoms with van der Waals surface area (Å²) < 4.78 is 0. The topological polar surface area (TPSA) is 40.6 Å². The number of carbonyl (C=O) groups is 2. The standard InChI is InChI=1S/C13H25NO.C12H23NO/c1-2-3-4-5-6-7-8-11-14-12-9-10-13(14)15;1-2-3-4-5-6-7-10-13-11-8-9-12(13)14/h2-12H2,1H3;2-11H2,1H3. The summed E-state index contributed by atoms with van der Waals surface area (Å²) in [6.07, 6.45) is 20.9. The second-order valence-corrected chi connectivity index (χ2v) is 8.86. The van der Waals surface area contributed by atoms with Crippen LogP contribution in [0.4, 0.5) is 0 Å². The Bertz CT molecular complexity index is 425. The Morgan fingerprint density at radius 3 is 1.21 bits per heavy atom. The fourth-order valence-electron chi connectivity index (χ4n) is 4.22. The minimum atomic E-state index is 0.374. The van der Waals surface area contributed by atoms with Crippen LogP contribution in [0.3, 0.4) is 0 Å². The highest BCUT2D eigenvalue weighted by molar-refractivity contribution is 5.78. The van der Waals surface area contributed by atoms with Crippen LogP contribution in [0, 0.1) is 0 Å². The van der Waals surface area contributed by atoms with Gasteiger partial charge in [0.1, 0.15) is 0 Å². The van der Waals surface area contributed by atoms with Crippen molar-refractivity contribution in [3.63, 3.8) is 0 Å². The first kappa shape index (κ1) is 26.0. The predicted octanol–water partition coefficient (Wildman–Crippen LogP) is 6.33. The van der Waals surface area contributed by atoms with Gasteiger partial charge in [-0.1, -0.05) is 84.5 Å². The molecule has 0 aromatic rings. The Morgan fingerprint density at radius 2 is 0.897 bits per heavy atom. The lowest BCUT2D eigenvalue weighted by Gasteiger charge is -2.14. The molecule has 0 spiro atoms. The van der Waals surface area contributed by atoms with Crippen LogP contribution in [0.25, 0.3) is 0 Å². The van der Waals surface area contributed by atoms with Crippen LogP contribution >= 0.6 is 0 Å². The second kappa shape index (κ2) is 17.8. The van der Waals surface area contributed by atoms with Crippen molar-refractivity contribution in [2.45, 2.75) is 123 Å². The molecule has 2 rings (SSSR count). The zero-order valence-electron chi connectivity index (χ0n) is 19.6. The van der Waals surface area contributed by atoms with Crippen LogP contribution in [0.5, 0.6) is 0 Å². The Morgan fingerprint density at radius 1 is 0.552 bits per heavy atom. The first-order chi connectivity index (χ1) is 14.2. The third-order valence-corrected chi connectivity index (χ3v) is 6.16. The Labute approximate surface area is 180 Å². The zero-order chi connectivity index (χ0) is 21.2. The van der Waals surface area contributed by atoms with Crippen LogP contribution in [-0.2, 0) is 9.59 Å². The first-order valence-corrected chi connectivity index (χ1v) is 12.7.